The van der Waals surface area contributed by atoms with Crippen molar-refractivity contribution in [3.8, 4) is 0 Å². The molecule has 0 aliphatic rings. The Bertz CT molecular complexity index is 1010. The molecule has 128 valence electrons. The van der Waals surface area contributed by atoms with E-state index in [2.05, 4.69) is 4.72 Å². The van der Waals surface area contributed by atoms with E-state index < -0.39 is 16.0 Å². The molecule has 0 bridgehead atoms. The van der Waals surface area contributed by atoms with Gasteiger partial charge in [-0.05, 0) is 47.0 Å². The van der Waals surface area contributed by atoms with E-state index in [0.717, 1.165) is 16.3 Å². The number of hydrogen-bond acceptors (Lipinski definition) is 3. The molecule has 0 heterocycles. The van der Waals surface area contributed by atoms with Crippen LogP contribution in [0.1, 0.15) is 12.0 Å². The maximum atomic E-state index is 12.5. The van der Waals surface area contributed by atoms with E-state index in [1.165, 1.54) is 12.1 Å². The highest BCUT2D eigenvalue weighted by Crippen LogP contribution is 2.22. The smallest absolute Gasteiger partial charge is 0.303 e. The van der Waals surface area contributed by atoms with E-state index in [9.17, 15) is 13.2 Å². The molecule has 0 saturated carbocycles. The van der Waals surface area contributed by atoms with Gasteiger partial charge >= 0.3 is 5.97 Å². The van der Waals surface area contributed by atoms with Crippen molar-refractivity contribution in [2.45, 2.75) is 17.7 Å². The molecule has 0 aromatic heterocycles. The second-order valence-electron chi connectivity index (χ2n) is 5.71. The summed E-state index contributed by atoms with van der Waals surface area (Å²) in [6.07, 6.45) is 0.384. The Morgan fingerprint density at radius 2 is 1.60 bits per heavy atom. The van der Waals surface area contributed by atoms with Crippen LogP contribution in [0.5, 0.6) is 0 Å². The molecule has 3 aromatic carbocycles. The molecular weight excluding hydrogens is 338 g/mol. The molecule has 3 aromatic rings. The van der Waals surface area contributed by atoms with Gasteiger partial charge in [-0.2, -0.15) is 0 Å². The molecule has 2 N–H and O–H groups in total. The Labute approximate surface area is 146 Å². The molecule has 0 spiro atoms. The van der Waals surface area contributed by atoms with E-state index in [1.54, 1.807) is 24.3 Å². The van der Waals surface area contributed by atoms with E-state index in [1.807, 2.05) is 30.3 Å². The van der Waals surface area contributed by atoms with Gasteiger partial charge in [0.15, 0.2) is 0 Å². The summed E-state index contributed by atoms with van der Waals surface area (Å²) < 4.78 is 27.6. The number of benzene rings is 3. The van der Waals surface area contributed by atoms with Crippen LogP contribution >= 0.6 is 0 Å². The molecule has 25 heavy (non-hydrogen) atoms. The van der Waals surface area contributed by atoms with Gasteiger partial charge in [-0.1, -0.05) is 42.5 Å². The number of nitrogens with one attached hydrogen (secondary N) is 1. The first-order valence-electron chi connectivity index (χ1n) is 7.76. The lowest BCUT2D eigenvalue weighted by atomic mass is 10.1. The number of rotatable bonds is 6. The van der Waals surface area contributed by atoms with E-state index in [-0.39, 0.29) is 11.3 Å². The molecule has 0 aliphatic heterocycles. The van der Waals surface area contributed by atoms with Crippen molar-refractivity contribution in [1.82, 2.24) is 0 Å². The van der Waals surface area contributed by atoms with Gasteiger partial charge in [0.2, 0.25) is 0 Å². The Kier molecular flexibility index (Phi) is 4.72. The summed E-state index contributed by atoms with van der Waals surface area (Å²) in [5, 5.41) is 10.7. The van der Waals surface area contributed by atoms with Crippen LogP contribution in [0.4, 0.5) is 5.69 Å². The topological polar surface area (TPSA) is 83.5 Å². The number of carbonyl (C=O) groups is 1. The zero-order valence-corrected chi connectivity index (χ0v) is 14.2. The third-order valence-corrected chi connectivity index (χ3v) is 5.26. The van der Waals surface area contributed by atoms with Gasteiger partial charge in [0.05, 0.1) is 4.90 Å². The van der Waals surface area contributed by atoms with Gasteiger partial charge in [0, 0.05) is 12.1 Å². The second kappa shape index (κ2) is 6.94. The van der Waals surface area contributed by atoms with Crippen LogP contribution < -0.4 is 4.72 Å². The highest BCUT2D eigenvalue weighted by atomic mass is 32.2. The van der Waals surface area contributed by atoms with Crippen LogP contribution in [0, 0.1) is 0 Å². The second-order valence-corrected chi connectivity index (χ2v) is 7.39. The van der Waals surface area contributed by atoms with Gasteiger partial charge in [-0.3, -0.25) is 9.52 Å². The van der Waals surface area contributed by atoms with Gasteiger partial charge in [0.1, 0.15) is 0 Å². The van der Waals surface area contributed by atoms with Crippen LogP contribution in [0.25, 0.3) is 10.8 Å². The fourth-order valence-electron chi connectivity index (χ4n) is 2.55. The minimum absolute atomic E-state index is 0.0153. The third kappa shape index (κ3) is 4.16. The van der Waals surface area contributed by atoms with Crippen LogP contribution in [0.15, 0.2) is 71.6 Å². The minimum atomic E-state index is -3.70. The van der Waals surface area contributed by atoms with Gasteiger partial charge in [-0.25, -0.2) is 8.42 Å². The Morgan fingerprint density at radius 1 is 0.920 bits per heavy atom. The lowest BCUT2D eigenvalue weighted by molar-refractivity contribution is -0.136. The highest BCUT2D eigenvalue weighted by Gasteiger charge is 2.14. The summed E-state index contributed by atoms with van der Waals surface area (Å²) in [5.41, 5.74) is 1.28. The van der Waals surface area contributed by atoms with Gasteiger partial charge in [0.25, 0.3) is 10.0 Å². The van der Waals surface area contributed by atoms with Crippen molar-refractivity contribution in [3.63, 3.8) is 0 Å². The lowest BCUT2D eigenvalue weighted by Crippen LogP contribution is -2.13. The average Bonchev–Trinajstić information content (AvgIpc) is 2.60. The molecule has 0 unspecified atom stereocenters. The van der Waals surface area contributed by atoms with E-state index >= 15 is 0 Å². The maximum absolute atomic E-state index is 12.5. The predicted molar refractivity (Wildman–Crippen MR) is 97.2 cm³/mol. The molecule has 0 radical (unpaired) electrons. The molecule has 5 nitrogen and oxygen atoms in total. The molecule has 0 aliphatic carbocycles. The summed E-state index contributed by atoms with van der Waals surface area (Å²) in [6.45, 7) is 0. The number of hydrogen-bond donors (Lipinski definition) is 2. The van der Waals surface area contributed by atoms with Crippen molar-refractivity contribution in [2.75, 3.05) is 4.72 Å². The number of sulfonamides is 1. The average molecular weight is 355 g/mol. The quantitative estimate of drug-likeness (QED) is 0.707. The number of aryl methyl sites for hydroxylation is 1. The van der Waals surface area contributed by atoms with Crippen LogP contribution in [-0.4, -0.2) is 19.5 Å². The predicted octanol–water partition coefficient (Wildman–Crippen LogP) is 3.66. The fourth-order valence-corrected chi connectivity index (χ4v) is 3.60. The van der Waals surface area contributed by atoms with Crippen molar-refractivity contribution in [3.05, 3.63) is 72.3 Å². The Balaban J connectivity index is 1.79. The van der Waals surface area contributed by atoms with Crippen LogP contribution in [-0.2, 0) is 21.2 Å². The first kappa shape index (κ1) is 17.0. The molecule has 0 fully saturated rings. The van der Waals surface area contributed by atoms with Crippen molar-refractivity contribution in [2.24, 2.45) is 0 Å². The summed E-state index contributed by atoms with van der Waals surface area (Å²) in [5.74, 6) is -0.880. The summed E-state index contributed by atoms with van der Waals surface area (Å²) >= 11 is 0. The summed E-state index contributed by atoms with van der Waals surface area (Å²) in [4.78, 5) is 10.7. The Morgan fingerprint density at radius 3 is 2.28 bits per heavy atom. The van der Waals surface area contributed by atoms with E-state index in [4.69, 9.17) is 5.11 Å². The maximum Gasteiger partial charge on any atom is 0.303 e. The van der Waals surface area contributed by atoms with E-state index in [0.29, 0.717) is 12.1 Å². The third-order valence-electron chi connectivity index (χ3n) is 3.86. The normalized spacial score (nSPS) is 11.4. The van der Waals surface area contributed by atoms with Crippen LogP contribution in [0.3, 0.4) is 0 Å². The monoisotopic (exact) mass is 355 g/mol. The standard InChI is InChI=1S/C19H17NO4S/c21-19(22)12-7-14-5-10-18(11-6-14)25(23,24)20-17-9-8-15-3-1-2-4-16(15)13-17/h1-6,8-11,13,20H,7,12H2,(H,21,22). The zero-order valence-electron chi connectivity index (χ0n) is 13.3. The molecule has 3 rings (SSSR count). The zero-order chi connectivity index (χ0) is 17.9. The molecule has 0 amide bonds. The number of anilines is 1. The summed E-state index contributed by atoms with van der Waals surface area (Å²) in [6, 6.07) is 19.3. The number of carboxylic acid groups (broad SMARTS) is 1. The summed E-state index contributed by atoms with van der Waals surface area (Å²) in [7, 11) is -3.70. The SMILES string of the molecule is O=C(O)CCc1ccc(S(=O)(=O)Nc2ccc3ccccc3c2)cc1. The molecule has 0 atom stereocenters. The molecular formula is C19H17NO4S. The lowest BCUT2D eigenvalue weighted by Gasteiger charge is -2.10. The largest absolute Gasteiger partial charge is 0.481 e. The van der Waals surface area contributed by atoms with Gasteiger partial charge < -0.3 is 5.11 Å². The van der Waals surface area contributed by atoms with Crippen LogP contribution in [0.2, 0.25) is 0 Å². The molecule has 0 saturated heterocycles. The first-order valence-corrected chi connectivity index (χ1v) is 9.25. The number of fused-ring (bicyclic) bond motifs is 1. The Hall–Kier alpha value is -2.86. The van der Waals surface area contributed by atoms with Crippen molar-refractivity contribution < 1.29 is 18.3 Å². The molecule has 6 heteroatoms. The van der Waals surface area contributed by atoms with Crippen molar-refractivity contribution >= 4 is 32.5 Å². The highest BCUT2D eigenvalue weighted by molar-refractivity contribution is 7.92. The van der Waals surface area contributed by atoms with Gasteiger partial charge in [-0.15, -0.1) is 0 Å². The number of carboxylic acids is 1. The first-order chi connectivity index (χ1) is 11.9. The minimum Gasteiger partial charge on any atom is -0.481 e. The number of aliphatic carboxylic acids is 1. The van der Waals surface area contributed by atoms with Crippen molar-refractivity contribution in [1.29, 1.82) is 0 Å². The fraction of sp³-hybridized carbons (Fsp3) is 0.105.